The molecule has 0 aromatic heterocycles. The van der Waals surface area contributed by atoms with Crippen molar-refractivity contribution in [1.82, 2.24) is 14.9 Å². The third kappa shape index (κ3) is 6.29. The summed E-state index contributed by atoms with van der Waals surface area (Å²) >= 11 is 5.88. The number of halogens is 1. The molecule has 0 aliphatic carbocycles. The van der Waals surface area contributed by atoms with Crippen LogP contribution in [-0.2, 0) is 26.2 Å². The van der Waals surface area contributed by atoms with E-state index in [-0.39, 0.29) is 24.0 Å². The Labute approximate surface area is 187 Å². The fraction of sp³-hybridized carbons (Fsp3) is 0.364. The maximum Gasteiger partial charge on any atom is 0.309 e. The number of carbonyl (C=O) groups is 2. The largest absolute Gasteiger partial charge is 0.348 e. The van der Waals surface area contributed by atoms with E-state index in [1.54, 1.807) is 12.1 Å². The summed E-state index contributed by atoms with van der Waals surface area (Å²) in [5.41, 5.74) is 0.897. The van der Waals surface area contributed by atoms with Crippen molar-refractivity contribution < 1.29 is 18.0 Å². The molecule has 0 saturated carbocycles. The minimum absolute atomic E-state index is 0.202. The molecule has 9 heteroatoms. The molecule has 2 aromatic rings. The lowest BCUT2D eigenvalue weighted by Gasteiger charge is -2.34. The molecule has 2 amide bonds. The average molecular weight is 464 g/mol. The maximum atomic E-state index is 13.1. The zero-order valence-corrected chi connectivity index (χ0v) is 18.7. The molecule has 2 N–H and O–H groups in total. The summed E-state index contributed by atoms with van der Waals surface area (Å²) in [4.78, 5) is 24.3. The van der Waals surface area contributed by atoms with Crippen LogP contribution in [0.3, 0.4) is 0 Å². The lowest BCUT2D eigenvalue weighted by Crippen LogP contribution is -2.46. The zero-order valence-electron chi connectivity index (χ0n) is 17.1. The predicted octanol–water partition coefficient (Wildman–Crippen LogP) is 2.71. The Kier molecular flexibility index (Phi) is 8.06. The highest BCUT2D eigenvalue weighted by Gasteiger charge is 2.33. The third-order valence-electron chi connectivity index (χ3n) is 5.26. The molecular weight excluding hydrogens is 438 g/mol. The van der Waals surface area contributed by atoms with Crippen LogP contribution < -0.4 is 10.6 Å². The topological polar surface area (TPSA) is 95.6 Å². The van der Waals surface area contributed by atoms with Crippen LogP contribution in [0.5, 0.6) is 0 Å². The van der Waals surface area contributed by atoms with Crippen LogP contribution in [0.1, 0.15) is 31.2 Å². The molecule has 0 radical (unpaired) electrons. The minimum atomic E-state index is -3.65. The summed E-state index contributed by atoms with van der Waals surface area (Å²) in [6.45, 7) is 0.916. The normalized spacial score (nSPS) is 17.1. The zero-order chi connectivity index (χ0) is 22.3. The minimum Gasteiger partial charge on any atom is -0.348 e. The Morgan fingerprint density at radius 1 is 0.968 bits per heavy atom. The quantitative estimate of drug-likeness (QED) is 0.617. The van der Waals surface area contributed by atoms with Crippen molar-refractivity contribution in [3.05, 3.63) is 65.2 Å². The van der Waals surface area contributed by atoms with Gasteiger partial charge in [0.1, 0.15) is 0 Å². The summed E-state index contributed by atoms with van der Waals surface area (Å²) in [6, 6.07) is 15.2. The molecule has 1 atom stereocenters. The molecule has 1 saturated heterocycles. The Hall–Kier alpha value is -2.42. The van der Waals surface area contributed by atoms with Gasteiger partial charge in [-0.15, -0.1) is 0 Å². The number of nitrogens with one attached hydrogen (secondary N) is 2. The highest BCUT2D eigenvalue weighted by molar-refractivity contribution is 7.89. The fourth-order valence-corrected chi connectivity index (χ4v) is 5.46. The molecular formula is C22H26ClN3O4S. The first kappa shape index (κ1) is 23.2. The van der Waals surface area contributed by atoms with Crippen molar-refractivity contribution in [3.63, 3.8) is 0 Å². The number of sulfonamides is 1. The van der Waals surface area contributed by atoms with Crippen LogP contribution in [-0.4, -0.2) is 43.7 Å². The number of nitrogens with zero attached hydrogens (tertiary/aromatic N) is 1. The van der Waals surface area contributed by atoms with Gasteiger partial charge in [0.05, 0.1) is 4.90 Å². The van der Waals surface area contributed by atoms with Crippen molar-refractivity contribution in [2.45, 2.75) is 43.2 Å². The number of benzene rings is 2. The number of carbonyl (C=O) groups excluding carboxylic acids is 2. The Bertz CT molecular complexity index is 997. The van der Waals surface area contributed by atoms with E-state index in [1.807, 2.05) is 30.3 Å². The molecule has 2 aromatic carbocycles. The van der Waals surface area contributed by atoms with Gasteiger partial charge in [-0.25, -0.2) is 8.42 Å². The van der Waals surface area contributed by atoms with Crippen LogP contribution in [0.25, 0.3) is 0 Å². The monoisotopic (exact) mass is 463 g/mol. The molecule has 1 heterocycles. The van der Waals surface area contributed by atoms with Gasteiger partial charge in [0.2, 0.25) is 10.0 Å². The Morgan fingerprint density at radius 3 is 2.35 bits per heavy atom. The fourth-order valence-electron chi connectivity index (χ4n) is 3.61. The molecule has 7 nitrogen and oxygen atoms in total. The number of rotatable bonds is 7. The highest BCUT2D eigenvalue weighted by atomic mass is 35.5. The van der Waals surface area contributed by atoms with E-state index >= 15 is 0 Å². The molecule has 1 unspecified atom stereocenters. The number of hydrogen-bond donors (Lipinski definition) is 2. The van der Waals surface area contributed by atoms with Gasteiger partial charge in [-0.1, -0.05) is 48.4 Å². The second-order valence-corrected chi connectivity index (χ2v) is 9.76. The summed E-state index contributed by atoms with van der Waals surface area (Å²) in [6.07, 6.45) is 2.85. The van der Waals surface area contributed by atoms with E-state index in [2.05, 4.69) is 10.6 Å². The molecule has 166 valence electrons. The smallest absolute Gasteiger partial charge is 0.309 e. The first-order chi connectivity index (χ1) is 14.9. The van der Waals surface area contributed by atoms with E-state index in [1.165, 1.54) is 16.4 Å². The second kappa shape index (κ2) is 10.7. The van der Waals surface area contributed by atoms with Crippen molar-refractivity contribution in [1.29, 1.82) is 0 Å². The molecule has 1 aliphatic rings. The standard InChI is InChI=1S/C22H26ClN3O4S/c23-18-9-11-20(12-10-18)31(29,30)26-15-5-4-8-19(26)13-14-24-21(27)22(28)25-16-17-6-2-1-3-7-17/h1-3,6-7,9-12,19H,4-5,8,13-16H2,(H,24,27)(H,25,28). The summed E-state index contributed by atoms with van der Waals surface area (Å²) < 4.78 is 27.6. The van der Waals surface area contributed by atoms with Gasteiger partial charge in [-0.3, -0.25) is 9.59 Å². The maximum absolute atomic E-state index is 13.1. The molecule has 1 fully saturated rings. The summed E-state index contributed by atoms with van der Waals surface area (Å²) in [7, 11) is -3.65. The van der Waals surface area contributed by atoms with Crippen molar-refractivity contribution in [2.24, 2.45) is 0 Å². The van der Waals surface area contributed by atoms with E-state index < -0.39 is 21.8 Å². The SMILES string of the molecule is O=C(NCCC1CCCCN1S(=O)(=O)c1ccc(Cl)cc1)C(=O)NCc1ccccc1. The molecule has 0 spiro atoms. The highest BCUT2D eigenvalue weighted by Crippen LogP contribution is 2.27. The van der Waals surface area contributed by atoms with Gasteiger partial charge in [-0.2, -0.15) is 4.31 Å². The van der Waals surface area contributed by atoms with Gasteiger partial charge < -0.3 is 10.6 Å². The van der Waals surface area contributed by atoms with Crippen molar-refractivity contribution >= 4 is 33.4 Å². The van der Waals surface area contributed by atoms with Crippen LogP contribution in [0.2, 0.25) is 5.02 Å². The lowest BCUT2D eigenvalue weighted by atomic mass is 10.0. The van der Waals surface area contributed by atoms with Crippen LogP contribution >= 0.6 is 11.6 Å². The summed E-state index contributed by atoms with van der Waals surface area (Å²) in [5, 5.41) is 5.65. The number of hydrogen-bond acceptors (Lipinski definition) is 4. The van der Waals surface area contributed by atoms with E-state index in [0.29, 0.717) is 24.4 Å². The molecule has 31 heavy (non-hydrogen) atoms. The Morgan fingerprint density at radius 2 is 1.65 bits per heavy atom. The predicted molar refractivity (Wildman–Crippen MR) is 119 cm³/mol. The van der Waals surface area contributed by atoms with E-state index in [4.69, 9.17) is 11.6 Å². The van der Waals surface area contributed by atoms with Gasteiger partial charge in [0, 0.05) is 30.7 Å². The molecule has 1 aliphatic heterocycles. The lowest BCUT2D eigenvalue weighted by molar-refractivity contribution is -0.139. The Balaban J connectivity index is 1.52. The van der Waals surface area contributed by atoms with Crippen LogP contribution in [0.4, 0.5) is 0 Å². The first-order valence-electron chi connectivity index (χ1n) is 10.3. The van der Waals surface area contributed by atoms with Crippen LogP contribution in [0, 0.1) is 0 Å². The number of piperidine rings is 1. The number of amides is 2. The van der Waals surface area contributed by atoms with Gasteiger partial charge in [0.25, 0.3) is 0 Å². The van der Waals surface area contributed by atoms with Crippen molar-refractivity contribution in [2.75, 3.05) is 13.1 Å². The third-order valence-corrected chi connectivity index (χ3v) is 7.48. The summed E-state index contributed by atoms with van der Waals surface area (Å²) in [5.74, 6) is -1.43. The van der Waals surface area contributed by atoms with Gasteiger partial charge in [0.15, 0.2) is 0 Å². The molecule has 0 bridgehead atoms. The van der Waals surface area contributed by atoms with E-state index in [0.717, 1.165) is 18.4 Å². The van der Waals surface area contributed by atoms with Crippen LogP contribution in [0.15, 0.2) is 59.5 Å². The average Bonchev–Trinajstić information content (AvgIpc) is 2.78. The molecule has 3 rings (SSSR count). The van der Waals surface area contributed by atoms with Crippen molar-refractivity contribution in [3.8, 4) is 0 Å². The second-order valence-electron chi connectivity index (χ2n) is 7.43. The van der Waals surface area contributed by atoms with Gasteiger partial charge in [-0.05, 0) is 49.1 Å². The van der Waals surface area contributed by atoms with Gasteiger partial charge >= 0.3 is 11.8 Å². The van der Waals surface area contributed by atoms with E-state index in [9.17, 15) is 18.0 Å². The first-order valence-corrected chi connectivity index (χ1v) is 12.1.